The monoisotopic (exact) mass is 240 g/mol. The molecule has 0 saturated carbocycles. The van der Waals surface area contributed by atoms with Gasteiger partial charge >= 0.3 is 5.97 Å². The topological polar surface area (TPSA) is 52.6 Å². The Kier molecular flexibility index (Phi) is 5.06. The predicted molar refractivity (Wildman–Crippen MR) is 63.6 cm³/mol. The standard InChI is InChI=1S/C12H17FN2O2/c1-14-5-6-15(2)8-10-7-9(12(16)17)3-4-11(10)13/h3-4,7,14H,5-6,8H2,1-2H3,(H,16,17). The first-order valence-corrected chi connectivity index (χ1v) is 5.39. The van der Waals surface area contributed by atoms with Gasteiger partial charge in [0.15, 0.2) is 0 Å². The van der Waals surface area contributed by atoms with Crippen molar-refractivity contribution in [2.45, 2.75) is 6.54 Å². The van der Waals surface area contributed by atoms with Gasteiger partial charge in [-0.2, -0.15) is 0 Å². The van der Waals surface area contributed by atoms with E-state index in [1.165, 1.54) is 18.2 Å². The zero-order valence-electron chi connectivity index (χ0n) is 10.0. The van der Waals surface area contributed by atoms with Crippen molar-refractivity contribution in [2.75, 3.05) is 27.2 Å². The summed E-state index contributed by atoms with van der Waals surface area (Å²) in [6.45, 7) is 1.97. The highest BCUT2D eigenvalue weighted by molar-refractivity contribution is 5.87. The van der Waals surface area contributed by atoms with Crippen molar-refractivity contribution in [1.82, 2.24) is 10.2 Å². The van der Waals surface area contributed by atoms with Crippen LogP contribution in [0.5, 0.6) is 0 Å². The summed E-state index contributed by atoms with van der Waals surface area (Å²) in [6, 6.07) is 3.85. The van der Waals surface area contributed by atoms with Crippen LogP contribution in [0.4, 0.5) is 4.39 Å². The largest absolute Gasteiger partial charge is 0.478 e. The number of carboxylic acids is 1. The summed E-state index contributed by atoms with van der Waals surface area (Å²) in [7, 11) is 3.71. The van der Waals surface area contributed by atoms with Crippen molar-refractivity contribution >= 4 is 5.97 Å². The molecule has 94 valence electrons. The lowest BCUT2D eigenvalue weighted by molar-refractivity contribution is 0.0696. The number of halogens is 1. The van der Waals surface area contributed by atoms with E-state index >= 15 is 0 Å². The summed E-state index contributed by atoms with van der Waals surface area (Å²) in [6.07, 6.45) is 0. The third kappa shape index (κ3) is 4.13. The van der Waals surface area contributed by atoms with Crippen molar-refractivity contribution in [3.8, 4) is 0 Å². The van der Waals surface area contributed by atoms with Crippen molar-refractivity contribution in [2.24, 2.45) is 0 Å². The second-order valence-corrected chi connectivity index (χ2v) is 3.95. The fourth-order valence-corrected chi connectivity index (χ4v) is 1.50. The predicted octanol–water partition coefficient (Wildman–Crippen LogP) is 1.18. The van der Waals surface area contributed by atoms with Crippen LogP contribution in [0.25, 0.3) is 0 Å². The molecule has 0 radical (unpaired) electrons. The van der Waals surface area contributed by atoms with Crippen molar-refractivity contribution in [1.29, 1.82) is 0 Å². The Bertz CT molecular complexity index is 396. The molecule has 5 heteroatoms. The molecular weight excluding hydrogens is 223 g/mol. The summed E-state index contributed by atoms with van der Waals surface area (Å²) in [5.74, 6) is -1.41. The maximum atomic E-state index is 13.5. The summed E-state index contributed by atoms with van der Waals surface area (Å²) in [5, 5.41) is 11.8. The summed E-state index contributed by atoms with van der Waals surface area (Å²) in [4.78, 5) is 12.7. The molecule has 0 atom stereocenters. The number of nitrogens with zero attached hydrogens (tertiary/aromatic N) is 1. The first kappa shape index (κ1) is 13.6. The van der Waals surface area contributed by atoms with Crippen molar-refractivity contribution in [3.05, 3.63) is 35.1 Å². The van der Waals surface area contributed by atoms with Crippen molar-refractivity contribution in [3.63, 3.8) is 0 Å². The number of rotatable bonds is 6. The van der Waals surface area contributed by atoms with Crippen LogP contribution in [0, 0.1) is 5.82 Å². The molecule has 0 amide bonds. The van der Waals surface area contributed by atoms with Gasteiger partial charge in [0.2, 0.25) is 0 Å². The first-order chi connectivity index (χ1) is 8.04. The van der Waals surface area contributed by atoms with Crippen molar-refractivity contribution < 1.29 is 14.3 Å². The van der Waals surface area contributed by atoms with Crippen LogP contribution < -0.4 is 5.32 Å². The molecule has 0 spiro atoms. The van der Waals surface area contributed by atoms with Gasteiger partial charge < -0.3 is 15.3 Å². The molecule has 2 N–H and O–H groups in total. The fraction of sp³-hybridized carbons (Fsp3) is 0.417. The zero-order valence-corrected chi connectivity index (χ0v) is 10.0. The zero-order chi connectivity index (χ0) is 12.8. The van der Waals surface area contributed by atoms with Gasteiger partial charge in [0.25, 0.3) is 0 Å². The van der Waals surface area contributed by atoms with Crippen LogP contribution in [0.15, 0.2) is 18.2 Å². The lowest BCUT2D eigenvalue weighted by Crippen LogP contribution is -2.27. The molecule has 17 heavy (non-hydrogen) atoms. The summed E-state index contributed by atoms with van der Waals surface area (Å²) >= 11 is 0. The summed E-state index contributed by atoms with van der Waals surface area (Å²) in [5.41, 5.74) is 0.520. The minimum Gasteiger partial charge on any atom is -0.478 e. The van der Waals surface area contributed by atoms with Gasteiger partial charge in [-0.15, -0.1) is 0 Å². The minimum absolute atomic E-state index is 0.114. The number of aromatic carboxylic acids is 1. The highest BCUT2D eigenvalue weighted by atomic mass is 19.1. The van der Waals surface area contributed by atoms with Crippen LogP contribution in [0.1, 0.15) is 15.9 Å². The van der Waals surface area contributed by atoms with E-state index < -0.39 is 5.97 Å². The third-order valence-electron chi connectivity index (χ3n) is 2.48. The van der Waals surface area contributed by atoms with Gasteiger partial charge in [-0.25, -0.2) is 9.18 Å². The minimum atomic E-state index is -1.04. The highest BCUT2D eigenvalue weighted by Crippen LogP contribution is 2.12. The molecule has 0 fully saturated rings. The number of nitrogens with one attached hydrogen (secondary N) is 1. The molecule has 1 aromatic rings. The number of hydrogen-bond donors (Lipinski definition) is 2. The SMILES string of the molecule is CNCCN(C)Cc1cc(C(=O)O)ccc1F. The van der Waals surface area contributed by atoms with Gasteiger partial charge in [0.05, 0.1) is 5.56 Å². The Morgan fingerprint density at radius 1 is 1.53 bits per heavy atom. The smallest absolute Gasteiger partial charge is 0.335 e. The van der Waals surface area contributed by atoms with E-state index in [0.29, 0.717) is 12.1 Å². The Labute approximate surface area is 100 Å². The van der Waals surface area contributed by atoms with Crippen LogP contribution in [0.2, 0.25) is 0 Å². The number of carbonyl (C=O) groups is 1. The molecule has 0 bridgehead atoms. The Morgan fingerprint density at radius 2 is 2.24 bits per heavy atom. The molecule has 0 aliphatic heterocycles. The molecule has 0 aliphatic rings. The normalized spacial score (nSPS) is 10.8. The fourth-order valence-electron chi connectivity index (χ4n) is 1.50. The maximum Gasteiger partial charge on any atom is 0.335 e. The number of hydrogen-bond acceptors (Lipinski definition) is 3. The quantitative estimate of drug-likeness (QED) is 0.784. The van der Waals surface area contributed by atoms with Crippen LogP contribution in [-0.2, 0) is 6.54 Å². The maximum absolute atomic E-state index is 13.5. The van der Waals surface area contributed by atoms with Gasteiger partial charge in [-0.05, 0) is 32.3 Å². The first-order valence-electron chi connectivity index (χ1n) is 5.39. The number of benzene rings is 1. The average Bonchev–Trinajstić information content (AvgIpc) is 2.29. The molecule has 0 unspecified atom stereocenters. The molecule has 4 nitrogen and oxygen atoms in total. The van der Waals surface area contributed by atoms with E-state index in [1.54, 1.807) is 0 Å². The van der Waals surface area contributed by atoms with Crippen LogP contribution >= 0.6 is 0 Å². The van der Waals surface area contributed by atoms with E-state index in [9.17, 15) is 9.18 Å². The lowest BCUT2D eigenvalue weighted by Gasteiger charge is -2.17. The van der Waals surface area contributed by atoms with Gasteiger partial charge in [0, 0.05) is 25.2 Å². The Morgan fingerprint density at radius 3 is 2.82 bits per heavy atom. The molecule has 1 rings (SSSR count). The molecule has 0 aromatic heterocycles. The summed E-state index contributed by atoms with van der Waals surface area (Å²) < 4.78 is 13.5. The van der Waals surface area contributed by atoms with E-state index in [0.717, 1.165) is 13.1 Å². The second kappa shape index (κ2) is 6.32. The van der Waals surface area contributed by atoms with Crippen LogP contribution in [0.3, 0.4) is 0 Å². The number of carboxylic acid groups (broad SMARTS) is 1. The Hall–Kier alpha value is -1.46. The average molecular weight is 240 g/mol. The molecule has 0 heterocycles. The molecule has 0 saturated heterocycles. The lowest BCUT2D eigenvalue weighted by atomic mass is 10.1. The third-order valence-corrected chi connectivity index (χ3v) is 2.48. The Balaban J connectivity index is 2.75. The number of likely N-dealkylation sites (N-methyl/N-ethyl adjacent to an activating group) is 2. The van der Waals surface area contributed by atoms with Gasteiger partial charge in [-0.1, -0.05) is 0 Å². The van der Waals surface area contributed by atoms with E-state index in [1.807, 2.05) is 19.0 Å². The van der Waals surface area contributed by atoms with Gasteiger partial charge in [0.1, 0.15) is 5.82 Å². The molecular formula is C12H17FN2O2. The molecule has 0 aliphatic carbocycles. The van der Waals surface area contributed by atoms with E-state index in [4.69, 9.17) is 5.11 Å². The van der Waals surface area contributed by atoms with Gasteiger partial charge in [-0.3, -0.25) is 0 Å². The molecule has 1 aromatic carbocycles. The highest BCUT2D eigenvalue weighted by Gasteiger charge is 2.10. The van der Waals surface area contributed by atoms with E-state index in [-0.39, 0.29) is 11.4 Å². The van der Waals surface area contributed by atoms with E-state index in [2.05, 4.69) is 5.32 Å². The second-order valence-electron chi connectivity index (χ2n) is 3.95. The van der Waals surface area contributed by atoms with Crippen LogP contribution in [-0.4, -0.2) is 43.2 Å².